The van der Waals surface area contributed by atoms with Gasteiger partial charge in [0.2, 0.25) is 15.9 Å². The Morgan fingerprint density at radius 3 is 2.71 bits per heavy atom. The van der Waals surface area contributed by atoms with E-state index in [1.54, 1.807) is 17.5 Å². The van der Waals surface area contributed by atoms with Gasteiger partial charge in [-0.15, -0.1) is 11.3 Å². The molecule has 1 aromatic heterocycles. The van der Waals surface area contributed by atoms with Gasteiger partial charge in [0.05, 0.1) is 0 Å². The van der Waals surface area contributed by atoms with Crippen LogP contribution in [0.3, 0.4) is 0 Å². The van der Waals surface area contributed by atoms with E-state index in [-0.39, 0.29) is 23.1 Å². The number of nitrogens with one attached hydrogen (secondary N) is 2. The number of anilines is 1. The average Bonchev–Trinajstić information content (AvgIpc) is 2.93. The molecule has 0 atom stereocenters. The molecule has 21 heavy (non-hydrogen) atoms. The van der Waals surface area contributed by atoms with Gasteiger partial charge in [0, 0.05) is 18.7 Å². The summed E-state index contributed by atoms with van der Waals surface area (Å²) in [4.78, 5) is 11.8. The number of sulfonamides is 1. The summed E-state index contributed by atoms with van der Waals surface area (Å²) in [6.45, 7) is 2.00. The van der Waals surface area contributed by atoms with Gasteiger partial charge in [-0.1, -0.05) is 18.2 Å². The summed E-state index contributed by atoms with van der Waals surface area (Å²) in [7, 11) is -3.50. The number of carbonyl (C=O) groups is 1. The first-order valence-electron chi connectivity index (χ1n) is 6.37. The lowest BCUT2D eigenvalue weighted by Gasteiger charge is -2.07. The number of amides is 1. The summed E-state index contributed by atoms with van der Waals surface area (Å²) in [6.07, 6.45) is 0.0819. The van der Waals surface area contributed by atoms with Crippen molar-refractivity contribution in [3.8, 4) is 0 Å². The molecule has 5 nitrogen and oxygen atoms in total. The molecule has 0 saturated carbocycles. The summed E-state index contributed by atoms with van der Waals surface area (Å²) in [6, 6.07) is 10.6. The molecule has 0 spiro atoms. The van der Waals surface area contributed by atoms with Gasteiger partial charge in [-0.05, 0) is 36.1 Å². The number of hydrogen-bond acceptors (Lipinski definition) is 4. The third-order valence-electron chi connectivity index (χ3n) is 2.71. The first-order chi connectivity index (χ1) is 9.97. The Morgan fingerprint density at radius 1 is 1.24 bits per heavy atom. The van der Waals surface area contributed by atoms with Gasteiger partial charge in [-0.2, -0.15) is 0 Å². The van der Waals surface area contributed by atoms with Gasteiger partial charge >= 0.3 is 0 Å². The largest absolute Gasteiger partial charge is 0.326 e. The van der Waals surface area contributed by atoms with E-state index < -0.39 is 10.0 Å². The zero-order valence-corrected chi connectivity index (χ0v) is 13.1. The minimum atomic E-state index is -3.50. The van der Waals surface area contributed by atoms with Gasteiger partial charge in [0.1, 0.15) is 4.21 Å². The molecule has 0 radical (unpaired) electrons. The molecule has 0 aliphatic rings. The van der Waals surface area contributed by atoms with Gasteiger partial charge in [-0.25, -0.2) is 13.1 Å². The molecule has 1 aromatic carbocycles. The highest BCUT2D eigenvalue weighted by Crippen LogP contribution is 2.15. The lowest BCUT2D eigenvalue weighted by molar-refractivity contribution is -0.116. The van der Waals surface area contributed by atoms with E-state index in [4.69, 9.17) is 0 Å². The van der Waals surface area contributed by atoms with Crippen molar-refractivity contribution in [1.82, 2.24) is 4.72 Å². The number of thiophene rings is 1. The van der Waals surface area contributed by atoms with Crippen molar-refractivity contribution in [2.45, 2.75) is 17.6 Å². The van der Waals surface area contributed by atoms with E-state index in [1.165, 1.54) is 6.07 Å². The predicted molar refractivity (Wildman–Crippen MR) is 83.9 cm³/mol. The van der Waals surface area contributed by atoms with Crippen molar-refractivity contribution in [2.75, 3.05) is 11.9 Å². The number of hydrogen-bond donors (Lipinski definition) is 2. The molecule has 2 rings (SSSR count). The van der Waals surface area contributed by atoms with E-state index >= 15 is 0 Å². The van der Waals surface area contributed by atoms with Gasteiger partial charge < -0.3 is 5.32 Å². The molecular weight excluding hydrogens is 308 g/mol. The Labute approximate surface area is 128 Å². The van der Waals surface area contributed by atoms with E-state index in [0.717, 1.165) is 16.9 Å². The second-order valence-electron chi connectivity index (χ2n) is 4.50. The van der Waals surface area contributed by atoms with E-state index in [2.05, 4.69) is 10.0 Å². The van der Waals surface area contributed by atoms with Gasteiger partial charge in [-0.3, -0.25) is 4.79 Å². The van der Waals surface area contributed by atoms with E-state index in [1.807, 2.05) is 25.1 Å². The van der Waals surface area contributed by atoms with Crippen molar-refractivity contribution in [3.05, 3.63) is 47.3 Å². The second-order valence-corrected chi connectivity index (χ2v) is 7.44. The number of rotatable bonds is 6. The van der Waals surface area contributed by atoms with Crippen LogP contribution in [-0.2, 0) is 14.8 Å². The van der Waals surface area contributed by atoms with Crippen LogP contribution in [0.5, 0.6) is 0 Å². The van der Waals surface area contributed by atoms with Crippen molar-refractivity contribution in [3.63, 3.8) is 0 Å². The van der Waals surface area contributed by atoms with Crippen molar-refractivity contribution in [1.29, 1.82) is 0 Å². The highest BCUT2D eigenvalue weighted by molar-refractivity contribution is 7.91. The molecule has 7 heteroatoms. The van der Waals surface area contributed by atoms with Crippen LogP contribution >= 0.6 is 11.3 Å². The summed E-state index contributed by atoms with van der Waals surface area (Å²) >= 11 is 1.14. The molecule has 0 fully saturated rings. The summed E-state index contributed by atoms with van der Waals surface area (Å²) in [5, 5.41) is 4.43. The minimum Gasteiger partial charge on any atom is -0.326 e. The molecule has 1 heterocycles. The number of carbonyl (C=O) groups excluding carboxylic acids is 1. The molecule has 2 N–H and O–H groups in total. The minimum absolute atomic E-state index is 0.0673. The lowest BCUT2D eigenvalue weighted by atomic mass is 10.2. The maximum Gasteiger partial charge on any atom is 0.250 e. The van der Waals surface area contributed by atoms with Crippen LogP contribution in [0.25, 0.3) is 0 Å². The highest BCUT2D eigenvalue weighted by Gasteiger charge is 2.14. The standard InChI is InChI=1S/C14H16N2O3S2/c1-11-4-2-5-12(10-11)16-13(17)7-8-15-21(18,19)14-6-3-9-20-14/h2-6,9-10,15H,7-8H2,1H3,(H,16,17). The Kier molecular flexibility index (Phi) is 5.11. The Morgan fingerprint density at radius 2 is 2.05 bits per heavy atom. The Hall–Kier alpha value is -1.70. The van der Waals surface area contributed by atoms with E-state index in [0.29, 0.717) is 5.69 Å². The van der Waals surface area contributed by atoms with Crippen molar-refractivity contribution in [2.24, 2.45) is 0 Å². The van der Waals surface area contributed by atoms with Crippen LogP contribution in [0, 0.1) is 6.92 Å². The maximum atomic E-state index is 11.8. The Balaban J connectivity index is 1.82. The van der Waals surface area contributed by atoms with Crippen molar-refractivity contribution < 1.29 is 13.2 Å². The summed E-state index contributed by atoms with van der Waals surface area (Å²) in [5.41, 5.74) is 1.76. The van der Waals surface area contributed by atoms with Crippen LogP contribution in [0.4, 0.5) is 5.69 Å². The van der Waals surface area contributed by atoms with Crippen LogP contribution < -0.4 is 10.0 Å². The fourth-order valence-electron chi connectivity index (χ4n) is 1.73. The van der Waals surface area contributed by atoms with Crippen molar-refractivity contribution >= 4 is 33.0 Å². The molecule has 0 aliphatic carbocycles. The smallest absolute Gasteiger partial charge is 0.250 e. The number of benzene rings is 1. The third kappa shape index (κ3) is 4.66. The third-order valence-corrected chi connectivity index (χ3v) is 5.56. The quantitative estimate of drug-likeness (QED) is 0.856. The maximum absolute atomic E-state index is 11.8. The average molecular weight is 324 g/mol. The highest BCUT2D eigenvalue weighted by atomic mass is 32.2. The molecule has 1 amide bonds. The first kappa shape index (κ1) is 15.7. The molecule has 0 unspecified atom stereocenters. The van der Waals surface area contributed by atoms with Crippen LogP contribution in [0.1, 0.15) is 12.0 Å². The van der Waals surface area contributed by atoms with Crippen LogP contribution in [-0.4, -0.2) is 20.9 Å². The normalized spacial score (nSPS) is 11.3. The lowest BCUT2D eigenvalue weighted by Crippen LogP contribution is -2.27. The van der Waals surface area contributed by atoms with Crippen LogP contribution in [0.2, 0.25) is 0 Å². The fraction of sp³-hybridized carbons (Fsp3) is 0.214. The number of aryl methyl sites for hydroxylation is 1. The van der Waals surface area contributed by atoms with E-state index in [9.17, 15) is 13.2 Å². The van der Waals surface area contributed by atoms with Gasteiger partial charge in [0.25, 0.3) is 0 Å². The van der Waals surface area contributed by atoms with Gasteiger partial charge in [0.15, 0.2) is 0 Å². The zero-order valence-electron chi connectivity index (χ0n) is 11.5. The van der Waals surface area contributed by atoms with Crippen LogP contribution in [0.15, 0.2) is 46.0 Å². The zero-order chi connectivity index (χ0) is 15.3. The molecule has 112 valence electrons. The molecule has 0 saturated heterocycles. The predicted octanol–water partition coefficient (Wildman–Crippen LogP) is 2.36. The first-order valence-corrected chi connectivity index (χ1v) is 8.73. The molecular formula is C14H16N2O3S2. The SMILES string of the molecule is Cc1cccc(NC(=O)CCNS(=O)(=O)c2cccs2)c1. The Bertz CT molecular complexity index is 710. The second kappa shape index (κ2) is 6.84. The molecule has 0 bridgehead atoms. The summed E-state index contributed by atoms with van der Waals surface area (Å²) in [5.74, 6) is -0.227. The fourth-order valence-corrected chi connectivity index (χ4v) is 3.80. The monoisotopic (exact) mass is 324 g/mol. The topological polar surface area (TPSA) is 75.3 Å². The molecule has 2 aromatic rings. The molecule has 0 aliphatic heterocycles. The summed E-state index contributed by atoms with van der Waals surface area (Å²) < 4.78 is 26.4.